The molecule has 3 N–H and O–H groups in total. The fourth-order valence-electron chi connectivity index (χ4n) is 1.93. The minimum absolute atomic E-state index is 0.0792. The van der Waals surface area contributed by atoms with E-state index < -0.39 is 0 Å². The molecule has 2 aromatic rings. The van der Waals surface area contributed by atoms with Crippen LogP contribution in [0, 0.1) is 0 Å². The number of para-hydroxylation sites is 1. The van der Waals surface area contributed by atoms with Crippen molar-refractivity contribution in [2.75, 3.05) is 23.8 Å². The van der Waals surface area contributed by atoms with Gasteiger partial charge in [0.2, 0.25) is 5.91 Å². The van der Waals surface area contributed by atoms with Gasteiger partial charge in [0.05, 0.1) is 6.54 Å². The minimum atomic E-state index is -0.0792. The van der Waals surface area contributed by atoms with Crippen molar-refractivity contribution in [3.05, 3.63) is 60.2 Å². The number of nitrogens with one attached hydrogen (secondary N) is 1. The van der Waals surface area contributed by atoms with Gasteiger partial charge in [-0.3, -0.25) is 4.79 Å². The monoisotopic (exact) mass is 299 g/mol. The van der Waals surface area contributed by atoms with Gasteiger partial charge in [-0.25, -0.2) is 0 Å². The lowest BCUT2D eigenvalue weighted by molar-refractivity contribution is -0.114. The Hall–Kier alpha value is -2.40. The van der Waals surface area contributed by atoms with Gasteiger partial charge in [0.25, 0.3) is 0 Å². The number of amides is 1. The molecule has 4 nitrogen and oxygen atoms in total. The number of carbonyl (C=O) groups is 1. The minimum Gasteiger partial charge on any atom is -0.389 e. The third-order valence-electron chi connectivity index (χ3n) is 3.01. The summed E-state index contributed by atoms with van der Waals surface area (Å²) in [6, 6.07) is 16.9. The molecule has 5 heteroatoms. The first-order valence-electron chi connectivity index (χ1n) is 6.52. The molecule has 0 fully saturated rings. The average Bonchev–Trinajstić information content (AvgIpc) is 2.48. The highest BCUT2D eigenvalue weighted by molar-refractivity contribution is 7.80. The maximum absolute atomic E-state index is 12.0. The smallest absolute Gasteiger partial charge is 0.243 e. The van der Waals surface area contributed by atoms with Crippen molar-refractivity contribution >= 4 is 34.5 Å². The van der Waals surface area contributed by atoms with E-state index in [1.807, 2.05) is 66.5 Å². The van der Waals surface area contributed by atoms with Gasteiger partial charge in [-0.05, 0) is 24.3 Å². The molecule has 0 aliphatic heterocycles. The van der Waals surface area contributed by atoms with Gasteiger partial charge in [-0.15, -0.1) is 0 Å². The lowest BCUT2D eigenvalue weighted by Crippen LogP contribution is -2.30. The van der Waals surface area contributed by atoms with Crippen molar-refractivity contribution < 1.29 is 4.79 Å². The summed E-state index contributed by atoms with van der Waals surface area (Å²) in [6.07, 6.45) is 0. The molecular formula is C16H17N3OS. The molecule has 0 unspecified atom stereocenters. The van der Waals surface area contributed by atoms with E-state index in [-0.39, 0.29) is 12.5 Å². The van der Waals surface area contributed by atoms with Gasteiger partial charge >= 0.3 is 0 Å². The van der Waals surface area contributed by atoms with Gasteiger partial charge in [0.15, 0.2) is 0 Å². The van der Waals surface area contributed by atoms with Crippen LogP contribution < -0.4 is 16.0 Å². The topological polar surface area (TPSA) is 58.4 Å². The maximum atomic E-state index is 12.0. The van der Waals surface area contributed by atoms with E-state index in [0.29, 0.717) is 4.99 Å². The van der Waals surface area contributed by atoms with Crippen LogP contribution in [-0.4, -0.2) is 24.5 Å². The number of rotatable bonds is 5. The Kier molecular flexibility index (Phi) is 4.90. The van der Waals surface area contributed by atoms with Crippen molar-refractivity contribution in [3.63, 3.8) is 0 Å². The Balaban J connectivity index is 2.00. The molecule has 0 atom stereocenters. The van der Waals surface area contributed by atoms with E-state index in [4.69, 9.17) is 18.0 Å². The first-order chi connectivity index (χ1) is 10.1. The quantitative estimate of drug-likeness (QED) is 0.832. The molecule has 0 saturated carbocycles. The Morgan fingerprint density at radius 1 is 1.19 bits per heavy atom. The van der Waals surface area contributed by atoms with Crippen LogP contribution in [0.5, 0.6) is 0 Å². The highest BCUT2D eigenvalue weighted by atomic mass is 32.1. The number of thiocarbonyl (C=S) groups is 1. The lowest BCUT2D eigenvalue weighted by Gasteiger charge is -2.19. The zero-order valence-electron chi connectivity index (χ0n) is 11.7. The molecule has 21 heavy (non-hydrogen) atoms. The summed E-state index contributed by atoms with van der Waals surface area (Å²) < 4.78 is 0. The van der Waals surface area contributed by atoms with E-state index in [2.05, 4.69) is 5.32 Å². The molecule has 0 radical (unpaired) electrons. The van der Waals surface area contributed by atoms with E-state index >= 15 is 0 Å². The summed E-state index contributed by atoms with van der Waals surface area (Å²) in [5.41, 5.74) is 8.09. The number of nitrogens with zero attached hydrogens (tertiary/aromatic N) is 1. The second kappa shape index (κ2) is 6.85. The Labute approximate surface area is 129 Å². The normalized spacial score (nSPS) is 9.95. The number of nitrogens with two attached hydrogens (primary N) is 1. The van der Waals surface area contributed by atoms with Crippen LogP contribution in [0.25, 0.3) is 0 Å². The second-order valence-corrected chi connectivity index (χ2v) is 5.12. The number of benzene rings is 2. The molecule has 0 heterocycles. The SMILES string of the molecule is CN(CC(=O)Nc1ccccc1)c1cccc(C(N)=S)c1. The van der Waals surface area contributed by atoms with Crippen LogP contribution >= 0.6 is 12.2 Å². The van der Waals surface area contributed by atoms with Crippen molar-refractivity contribution in [3.8, 4) is 0 Å². The Morgan fingerprint density at radius 3 is 2.57 bits per heavy atom. The van der Waals surface area contributed by atoms with E-state index in [9.17, 15) is 4.79 Å². The number of likely N-dealkylation sites (N-methyl/N-ethyl adjacent to an activating group) is 1. The summed E-state index contributed by atoms with van der Waals surface area (Å²) in [5, 5.41) is 2.85. The van der Waals surface area contributed by atoms with E-state index in [1.165, 1.54) is 0 Å². The molecule has 0 aromatic heterocycles. The molecule has 0 aliphatic rings. The van der Waals surface area contributed by atoms with Gasteiger partial charge in [-0.1, -0.05) is 42.5 Å². The number of hydrogen-bond acceptors (Lipinski definition) is 3. The zero-order valence-corrected chi connectivity index (χ0v) is 12.6. The summed E-state index contributed by atoms with van der Waals surface area (Å²) in [5.74, 6) is -0.0792. The van der Waals surface area contributed by atoms with Gasteiger partial charge < -0.3 is 16.0 Å². The van der Waals surface area contributed by atoms with E-state index in [1.54, 1.807) is 0 Å². The largest absolute Gasteiger partial charge is 0.389 e. The molecular weight excluding hydrogens is 282 g/mol. The molecule has 0 spiro atoms. The number of anilines is 2. The third-order valence-corrected chi connectivity index (χ3v) is 3.25. The molecule has 2 rings (SSSR count). The van der Waals surface area contributed by atoms with Gasteiger partial charge in [0.1, 0.15) is 4.99 Å². The molecule has 0 aliphatic carbocycles. The van der Waals surface area contributed by atoms with Crippen molar-refractivity contribution in [1.82, 2.24) is 0 Å². The first kappa shape index (κ1) is 15.0. The van der Waals surface area contributed by atoms with Gasteiger partial charge in [0, 0.05) is 24.0 Å². The van der Waals surface area contributed by atoms with Crippen LogP contribution in [0.15, 0.2) is 54.6 Å². The third kappa shape index (κ3) is 4.29. The summed E-state index contributed by atoms with van der Waals surface area (Å²) in [6.45, 7) is 0.246. The maximum Gasteiger partial charge on any atom is 0.243 e. The first-order valence-corrected chi connectivity index (χ1v) is 6.93. The fourth-order valence-corrected chi connectivity index (χ4v) is 2.05. The zero-order chi connectivity index (χ0) is 15.2. The lowest BCUT2D eigenvalue weighted by atomic mass is 10.2. The second-order valence-electron chi connectivity index (χ2n) is 4.68. The van der Waals surface area contributed by atoms with Crippen molar-refractivity contribution in [2.24, 2.45) is 5.73 Å². The summed E-state index contributed by atoms with van der Waals surface area (Å²) in [7, 11) is 1.85. The number of carbonyl (C=O) groups excluding carboxylic acids is 1. The standard InChI is InChI=1S/C16H17N3OS/c1-19(14-9-5-6-12(10-14)16(17)21)11-15(20)18-13-7-3-2-4-8-13/h2-10H,11H2,1H3,(H2,17,21)(H,18,20). The van der Waals surface area contributed by atoms with Crippen LogP contribution in [0.2, 0.25) is 0 Å². The predicted octanol–water partition coefficient (Wildman–Crippen LogP) is 2.40. The van der Waals surface area contributed by atoms with Crippen LogP contribution in [0.3, 0.4) is 0 Å². The highest BCUT2D eigenvalue weighted by Gasteiger charge is 2.08. The summed E-state index contributed by atoms with van der Waals surface area (Å²) in [4.78, 5) is 14.2. The van der Waals surface area contributed by atoms with Crippen molar-refractivity contribution in [2.45, 2.75) is 0 Å². The van der Waals surface area contributed by atoms with Crippen LogP contribution in [0.1, 0.15) is 5.56 Å². The average molecular weight is 299 g/mol. The van der Waals surface area contributed by atoms with Crippen LogP contribution in [-0.2, 0) is 4.79 Å². The fraction of sp³-hybridized carbons (Fsp3) is 0.125. The molecule has 0 bridgehead atoms. The molecule has 0 saturated heterocycles. The molecule has 108 valence electrons. The summed E-state index contributed by atoms with van der Waals surface area (Å²) >= 11 is 4.96. The van der Waals surface area contributed by atoms with Crippen molar-refractivity contribution in [1.29, 1.82) is 0 Å². The predicted molar refractivity (Wildman–Crippen MR) is 90.7 cm³/mol. The Bertz CT molecular complexity index is 643. The molecule has 2 aromatic carbocycles. The van der Waals surface area contributed by atoms with Gasteiger partial charge in [-0.2, -0.15) is 0 Å². The highest BCUT2D eigenvalue weighted by Crippen LogP contribution is 2.15. The number of hydrogen-bond donors (Lipinski definition) is 2. The van der Waals surface area contributed by atoms with E-state index in [0.717, 1.165) is 16.9 Å². The Morgan fingerprint density at radius 2 is 1.90 bits per heavy atom. The molecule has 1 amide bonds. The van der Waals surface area contributed by atoms with Crippen LogP contribution in [0.4, 0.5) is 11.4 Å².